The Balaban J connectivity index is 1.99. The molecule has 1 fully saturated rings. The van der Waals surface area contributed by atoms with Crippen LogP contribution in [0.4, 0.5) is 0 Å². The van der Waals surface area contributed by atoms with E-state index >= 15 is 0 Å². The largest absolute Gasteiger partial charge is 0.497 e. The number of ether oxygens (including phenoxy) is 1. The molecule has 0 amide bonds. The Bertz CT molecular complexity index is 422. The van der Waals surface area contributed by atoms with Gasteiger partial charge in [0.1, 0.15) is 5.75 Å². The minimum atomic E-state index is 0.371. The predicted octanol–water partition coefficient (Wildman–Crippen LogP) is 1.59. The lowest BCUT2D eigenvalue weighted by molar-refractivity contribution is 0.277. The highest BCUT2D eigenvalue weighted by Crippen LogP contribution is 2.22. The first kappa shape index (κ1) is 15.3. The number of nitrogens with zero attached hydrogens (tertiary/aromatic N) is 2. The first-order chi connectivity index (χ1) is 9.60. The summed E-state index contributed by atoms with van der Waals surface area (Å²) >= 11 is 0. The maximum Gasteiger partial charge on any atom is 0.119 e. The fourth-order valence-electron chi connectivity index (χ4n) is 2.83. The van der Waals surface area contributed by atoms with Crippen molar-refractivity contribution in [1.82, 2.24) is 15.1 Å². The monoisotopic (exact) mass is 277 g/mol. The van der Waals surface area contributed by atoms with Crippen molar-refractivity contribution in [2.45, 2.75) is 18.5 Å². The number of methoxy groups -OCH3 is 1. The molecule has 1 aromatic carbocycles. The van der Waals surface area contributed by atoms with Gasteiger partial charge < -0.3 is 19.9 Å². The second-order valence-electron chi connectivity index (χ2n) is 5.91. The van der Waals surface area contributed by atoms with Crippen LogP contribution in [0.3, 0.4) is 0 Å². The van der Waals surface area contributed by atoms with E-state index in [1.807, 2.05) is 6.07 Å². The summed E-state index contributed by atoms with van der Waals surface area (Å²) in [6, 6.07) is 9.36. The van der Waals surface area contributed by atoms with Gasteiger partial charge in [0.15, 0.2) is 0 Å². The molecular weight excluding hydrogens is 250 g/mol. The minimum Gasteiger partial charge on any atom is -0.497 e. The molecular formula is C16H27N3O. The third kappa shape index (κ3) is 3.95. The van der Waals surface area contributed by atoms with Gasteiger partial charge in [-0.05, 0) is 51.8 Å². The standard InChI is InChI=1S/C16H27N3O/c1-18(2)16(11-17-14-8-9-19(3)12-14)13-6-5-7-15(10-13)20-4/h5-7,10,14,16-17H,8-9,11-12H2,1-4H3. The second kappa shape index (κ2) is 7.07. The topological polar surface area (TPSA) is 27.7 Å². The van der Waals surface area contributed by atoms with Crippen LogP contribution >= 0.6 is 0 Å². The predicted molar refractivity (Wildman–Crippen MR) is 83.3 cm³/mol. The van der Waals surface area contributed by atoms with Crippen LogP contribution in [0.5, 0.6) is 5.75 Å². The maximum absolute atomic E-state index is 5.33. The van der Waals surface area contributed by atoms with Crippen LogP contribution in [0.2, 0.25) is 0 Å². The molecule has 1 heterocycles. The van der Waals surface area contributed by atoms with Gasteiger partial charge in [-0.15, -0.1) is 0 Å². The smallest absolute Gasteiger partial charge is 0.119 e. The third-order valence-corrected chi connectivity index (χ3v) is 4.09. The molecule has 4 nitrogen and oxygen atoms in total. The highest BCUT2D eigenvalue weighted by molar-refractivity contribution is 5.30. The van der Waals surface area contributed by atoms with Crippen LogP contribution in [-0.2, 0) is 0 Å². The first-order valence-electron chi connectivity index (χ1n) is 7.32. The van der Waals surface area contributed by atoms with Crippen molar-refractivity contribution in [2.75, 3.05) is 47.9 Å². The number of rotatable bonds is 6. The van der Waals surface area contributed by atoms with E-state index < -0.39 is 0 Å². The van der Waals surface area contributed by atoms with Crippen LogP contribution in [0.1, 0.15) is 18.0 Å². The lowest BCUT2D eigenvalue weighted by Crippen LogP contribution is -2.38. The molecule has 1 aliphatic heterocycles. The molecule has 0 bridgehead atoms. The Morgan fingerprint density at radius 3 is 2.85 bits per heavy atom. The summed E-state index contributed by atoms with van der Waals surface area (Å²) < 4.78 is 5.33. The first-order valence-corrected chi connectivity index (χ1v) is 7.32. The van der Waals surface area contributed by atoms with E-state index in [0.717, 1.165) is 18.8 Å². The lowest BCUT2D eigenvalue weighted by atomic mass is 10.0. The molecule has 112 valence electrons. The van der Waals surface area contributed by atoms with Crippen molar-refractivity contribution in [1.29, 1.82) is 0 Å². The Morgan fingerprint density at radius 1 is 1.45 bits per heavy atom. The molecule has 1 aromatic rings. The number of benzene rings is 1. The normalized spacial score (nSPS) is 21.4. The Morgan fingerprint density at radius 2 is 2.25 bits per heavy atom. The van der Waals surface area contributed by atoms with Crippen molar-refractivity contribution in [2.24, 2.45) is 0 Å². The molecule has 2 rings (SSSR count). The highest BCUT2D eigenvalue weighted by Gasteiger charge is 2.21. The van der Waals surface area contributed by atoms with Gasteiger partial charge in [-0.25, -0.2) is 0 Å². The van der Waals surface area contributed by atoms with Crippen molar-refractivity contribution in [3.8, 4) is 5.75 Å². The second-order valence-corrected chi connectivity index (χ2v) is 5.91. The van der Waals surface area contributed by atoms with Gasteiger partial charge in [0.25, 0.3) is 0 Å². The average Bonchev–Trinajstić information content (AvgIpc) is 2.84. The van der Waals surface area contributed by atoms with Crippen LogP contribution < -0.4 is 10.1 Å². The zero-order valence-electron chi connectivity index (χ0n) is 13.1. The number of likely N-dealkylation sites (N-methyl/N-ethyl adjacent to an activating group) is 2. The van der Waals surface area contributed by atoms with Crippen LogP contribution in [0.15, 0.2) is 24.3 Å². The van der Waals surface area contributed by atoms with Crippen LogP contribution in [0.25, 0.3) is 0 Å². The molecule has 0 spiro atoms. The molecule has 0 aliphatic carbocycles. The van der Waals surface area contributed by atoms with E-state index in [2.05, 4.69) is 54.5 Å². The summed E-state index contributed by atoms with van der Waals surface area (Å²) in [7, 11) is 8.17. The van der Waals surface area contributed by atoms with E-state index in [1.165, 1.54) is 18.5 Å². The highest BCUT2D eigenvalue weighted by atomic mass is 16.5. The summed E-state index contributed by atoms with van der Waals surface area (Å²) in [6.07, 6.45) is 1.24. The fraction of sp³-hybridized carbons (Fsp3) is 0.625. The van der Waals surface area contributed by atoms with Gasteiger partial charge in [-0.3, -0.25) is 0 Å². The van der Waals surface area contributed by atoms with Crippen molar-refractivity contribution >= 4 is 0 Å². The maximum atomic E-state index is 5.33. The molecule has 0 aromatic heterocycles. The van der Waals surface area contributed by atoms with Gasteiger partial charge in [-0.1, -0.05) is 12.1 Å². The van der Waals surface area contributed by atoms with Crippen molar-refractivity contribution < 1.29 is 4.74 Å². The molecule has 2 unspecified atom stereocenters. The minimum absolute atomic E-state index is 0.371. The number of nitrogens with one attached hydrogen (secondary N) is 1. The van der Waals surface area contributed by atoms with Crippen LogP contribution in [0, 0.1) is 0 Å². The van der Waals surface area contributed by atoms with E-state index in [-0.39, 0.29) is 0 Å². The van der Waals surface area contributed by atoms with Crippen LogP contribution in [-0.4, -0.2) is 63.7 Å². The molecule has 4 heteroatoms. The van der Waals surface area contributed by atoms with Crippen molar-refractivity contribution in [3.63, 3.8) is 0 Å². The summed E-state index contributed by atoms with van der Waals surface area (Å²) in [6.45, 7) is 3.32. The lowest BCUT2D eigenvalue weighted by Gasteiger charge is -2.27. The van der Waals surface area contributed by atoms with E-state index in [1.54, 1.807) is 7.11 Å². The fourth-order valence-corrected chi connectivity index (χ4v) is 2.83. The molecule has 1 aliphatic rings. The Labute approximate surface area is 122 Å². The number of likely N-dealkylation sites (tertiary alicyclic amines) is 1. The molecule has 1 N–H and O–H groups in total. The Hall–Kier alpha value is -1.10. The van der Waals surface area contributed by atoms with E-state index in [4.69, 9.17) is 4.74 Å². The zero-order chi connectivity index (χ0) is 14.5. The van der Waals surface area contributed by atoms with Gasteiger partial charge in [0.05, 0.1) is 7.11 Å². The van der Waals surface area contributed by atoms with E-state index in [0.29, 0.717) is 12.1 Å². The molecule has 1 saturated heterocycles. The molecule has 0 radical (unpaired) electrons. The van der Waals surface area contributed by atoms with Crippen molar-refractivity contribution in [3.05, 3.63) is 29.8 Å². The van der Waals surface area contributed by atoms with Gasteiger partial charge in [0, 0.05) is 25.2 Å². The van der Waals surface area contributed by atoms with Gasteiger partial charge in [-0.2, -0.15) is 0 Å². The number of hydrogen-bond donors (Lipinski definition) is 1. The molecule has 0 saturated carbocycles. The number of hydrogen-bond acceptors (Lipinski definition) is 4. The quantitative estimate of drug-likeness (QED) is 0.854. The average molecular weight is 277 g/mol. The summed E-state index contributed by atoms with van der Waals surface area (Å²) in [5.41, 5.74) is 1.30. The van der Waals surface area contributed by atoms with E-state index in [9.17, 15) is 0 Å². The third-order valence-electron chi connectivity index (χ3n) is 4.09. The van der Waals surface area contributed by atoms with Gasteiger partial charge in [0.2, 0.25) is 0 Å². The zero-order valence-corrected chi connectivity index (χ0v) is 13.1. The molecule has 2 atom stereocenters. The summed E-state index contributed by atoms with van der Waals surface area (Å²) in [5, 5.41) is 3.71. The molecule has 20 heavy (non-hydrogen) atoms. The summed E-state index contributed by atoms with van der Waals surface area (Å²) in [5.74, 6) is 0.926. The summed E-state index contributed by atoms with van der Waals surface area (Å²) in [4.78, 5) is 4.65. The van der Waals surface area contributed by atoms with Gasteiger partial charge >= 0.3 is 0 Å². The SMILES string of the molecule is COc1cccc(C(CNC2CCN(C)C2)N(C)C)c1. The Kier molecular flexibility index (Phi) is 5.40.